The Morgan fingerprint density at radius 2 is 2.10 bits per heavy atom. The minimum atomic E-state index is -0.986. The van der Waals surface area contributed by atoms with Gasteiger partial charge in [-0.3, -0.25) is 4.79 Å². The predicted octanol–water partition coefficient (Wildman–Crippen LogP) is 0.807. The first kappa shape index (κ1) is 16.7. The highest BCUT2D eigenvalue weighted by atomic mass is 16.5. The van der Waals surface area contributed by atoms with Crippen molar-refractivity contribution in [3.05, 3.63) is 11.6 Å². The van der Waals surface area contributed by atoms with E-state index in [0.717, 1.165) is 12.8 Å². The number of hydrogen-bond donors (Lipinski definition) is 3. The van der Waals surface area contributed by atoms with Crippen molar-refractivity contribution in [2.75, 3.05) is 0 Å². The molecule has 0 fully saturated rings. The van der Waals surface area contributed by atoms with Gasteiger partial charge in [0.15, 0.2) is 0 Å². The Kier molecular flexibility index (Phi) is 6.16. The van der Waals surface area contributed by atoms with Crippen LogP contribution in [0.4, 0.5) is 0 Å². The number of nitrogens with two attached hydrogens (primary N) is 1. The first-order valence-electron chi connectivity index (χ1n) is 7.01. The second-order valence-electron chi connectivity index (χ2n) is 5.13. The minimum absolute atomic E-state index is 0.0212. The molecule has 0 heterocycles. The fourth-order valence-corrected chi connectivity index (χ4v) is 2.40. The van der Waals surface area contributed by atoms with Crippen LogP contribution in [0.25, 0.3) is 0 Å². The van der Waals surface area contributed by atoms with Crippen molar-refractivity contribution in [3.8, 4) is 0 Å². The van der Waals surface area contributed by atoms with E-state index in [-0.39, 0.29) is 24.0 Å². The minimum Gasteiger partial charge on any atom is -0.478 e. The second kappa shape index (κ2) is 7.40. The number of amides is 1. The van der Waals surface area contributed by atoms with Gasteiger partial charge >= 0.3 is 5.97 Å². The molecule has 114 valence electrons. The van der Waals surface area contributed by atoms with Crippen LogP contribution < -0.4 is 11.1 Å². The molecule has 0 aromatic heterocycles. The summed E-state index contributed by atoms with van der Waals surface area (Å²) in [5.41, 5.74) is 6.25. The Bertz CT molecular complexity index is 391. The summed E-state index contributed by atoms with van der Waals surface area (Å²) in [5.74, 6) is -1.18. The number of nitrogens with one attached hydrogen (secondary N) is 1. The second-order valence-corrected chi connectivity index (χ2v) is 5.13. The summed E-state index contributed by atoms with van der Waals surface area (Å²) in [6, 6.07) is -0.856. The first-order valence-corrected chi connectivity index (χ1v) is 7.01. The molecular weight excluding hydrogens is 260 g/mol. The summed E-state index contributed by atoms with van der Waals surface area (Å²) in [6.07, 6.45) is 2.97. The van der Waals surface area contributed by atoms with Gasteiger partial charge in [0, 0.05) is 18.5 Å². The van der Waals surface area contributed by atoms with Crippen molar-refractivity contribution < 1.29 is 19.4 Å². The highest BCUT2D eigenvalue weighted by Gasteiger charge is 2.35. The van der Waals surface area contributed by atoms with Crippen LogP contribution in [0.3, 0.4) is 0 Å². The van der Waals surface area contributed by atoms with Crippen molar-refractivity contribution in [1.82, 2.24) is 5.32 Å². The maximum atomic E-state index is 11.3. The van der Waals surface area contributed by atoms with Gasteiger partial charge in [0.2, 0.25) is 5.91 Å². The van der Waals surface area contributed by atoms with E-state index in [1.807, 2.05) is 13.8 Å². The summed E-state index contributed by atoms with van der Waals surface area (Å²) in [6.45, 7) is 5.43. The Morgan fingerprint density at radius 1 is 1.50 bits per heavy atom. The maximum Gasteiger partial charge on any atom is 0.331 e. The Labute approximate surface area is 119 Å². The van der Waals surface area contributed by atoms with E-state index < -0.39 is 24.2 Å². The molecule has 0 aromatic rings. The van der Waals surface area contributed by atoms with E-state index in [1.165, 1.54) is 6.92 Å². The lowest BCUT2D eigenvalue weighted by Gasteiger charge is -2.36. The highest BCUT2D eigenvalue weighted by Crippen LogP contribution is 2.23. The molecule has 1 aliphatic rings. The average Bonchev–Trinajstić information content (AvgIpc) is 2.38. The van der Waals surface area contributed by atoms with Gasteiger partial charge in [0.1, 0.15) is 0 Å². The predicted molar refractivity (Wildman–Crippen MR) is 75.2 cm³/mol. The zero-order chi connectivity index (χ0) is 15.3. The summed E-state index contributed by atoms with van der Waals surface area (Å²) in [7, 11) is 0. The Balaban J connectivity index is 2.96. The third kappa shape index (κ3) is 4.31. The molecule has 3 atom stereocenters. The molecule has 0 bridgehead atoms. The van der Waals surface area contributed by atoms with Crippen LogP contribution in [0, 0.1) is 0 Å². The quantitative estimate of drug-likeness (QED) is 0.670. The largest absolute Gasteiger partial charge is 0.478 e. The third-order valence-corrected chi connectivity index (χ3v) is 3.54. The highest BCUT2D eigenvalue weighted by molar-refractivity contribution is 5.87. The monoisotopic (exact) mass is 284 g/mol. The molecule has 1 rings (SSSR count). The number of aliphatic carboxylic acids is 1. The molecular formula is C14H24N2O4. The molecule has 0 spiro atoms. The van der Waals surface area contributed by atoms with Gasteiger partial charge in [-0.15, -0.1) is 0 Å². The average molecular weight is 284 g/mol. The lowest BCUT2D eigenvalue weighted by molar-refractivity contribution is -0.133. The van der Waals surface area contributed by atoms with Crippen molar-refractivity contribution in [3.63, 3.8) is 0 Å². The number of carbonyl (C=O) groups excluding carboxylic acids is 1. The molecule has 6 heteroatoms. The van der Waals surface area contributed by atoms with Crippen LogP contribution in [-0.2, 0) is 14.3 Å². The van der Waals surface area contributed by atoms with Gasteiger partial charge < -0.3 is 20.9 Å². The van der Waals surface area contributed by atoms with Gasteiger partial charge in [-0.05, 0) is 25.3 Å². The van der Waals surface area contributed by atoms with Crippen molar-refractivity contribution >= 4 is 11.9 Å². The number of ether oxygens (including phenoxy) is 1. The lowest BCUT2D eigenvalue weighted by atomic mass is 9.88. The molecule has 6 nitrogen and oxygen atoms in total. The number of rotatable bonds is 6. The van der Waals surface area contributed by atoms with E-state index in [0.29, 0.717) is 0 Å². The molecule has 20 heavy (non-hydrogen) atoms. The molecule has 0 saturated carbocycles. The lowest BCUT2D eigenvalue weighted by Crippen LogP contribution is -2.57. The normalized spacial score (nSPS) is 26.2. The van der Waals surface area contributed by atoms with Crippen LogP contribution >= 0.6 is 0 Å². The maximum absolute atomic E-state index is 11.3. The van der Waals surface area contributed by atoms with Gasteiger partial charge in [-0.2, -0.15) is 0 Å². The van der Waals surface area contributed by atoms with E-state index in [1.54, 1.807) is 6.08 Å². The zero-order valence-corrected chi connectivity index (χ0v) is 12.3. The van der Waals surface area contributed by atoms with Gasteiger partial charge in [0.25, 0.3) is 0 Å². The smallest absolute Gasteiger partial charge is 0.331 e. The number of carbonyl (C=O) groups is 2. The summed E-state index contributed by atoms with van der Waals surface area (Å²) >= 11 is 0. The summed E-state index contributed by atoms with van der Waals surface area (Å²) in [4.78, 5) is 22.4. The van der Waals surface area contributed by atoms with E-state index >= 15 is 0 Å². The standard InChI is InChI=1S/C14H24N2O4/c1-4-10(5-2)20-12-7-9(14(18)19)6-11(15)13(12)16-8(3)17/h7,10-13H,4-6,15H2,1-3H3,(H,16,17)(H,18,19)/t11-,12+,13-/m0/s1. The topological polar surface area (TPSA) is 102 Å². The number of carboxylic acid groups (broad SMARTS) is 1. The van der Waals surface area contributed by atoms with Crippen LogP contribution in [0.15, 0.2) is 11.6 Å². The number of hydrogen-bond acceptors (Lipinski definition) is 4. The zero-order valence-electron chi connectivity index (χ0n) is 12.3. The molecule has 0 unspecified atom stereocenters. The van der Waals surface area contributed by atoms with Crippen molar-refractivity contribution in [2.24, 2.45) is 5.73 Å². The first-order chi connectivity index (χ1) is 9.38. The third-order valence-electron chi connectivity index (χ3n) is 3.54. The fraction of sp³-hybridized carbons (Fsp3) is 0.714. The molecule has 0 aliphatic heterocycles. The van der Waals surface area contributed by atoms with Crippen molar-refractivity contribution in [1.29, 1.82) is 0 Å². The van der Waals surface area contributed by atoms with Crippen LogP contribution in [-0.4, -0.2) is 41.3 Å². The molecule has 1 amide bonds. The van der Waals surface area contributed by atoms with Crippen LogP contribution in [0.2, 0.25) is 0 Å². The van der Waals surface area contributed by atoms with Crippen LogP contribution in [0.1, 0.15) is 40.0 Å². The summed E-state index contributed by atoms with van der Waals surface area (Å²) < 4.78 is 5.92. The van der Waals surface area contributed by atoms with Gasteiger partial charge in [-0.1, -0.05) is 13.8 Å². The number of carboxylic acids is 1. The summed E-state index contributed by atoms with van der Waals surface area (Å²) in [5, 5.41) is 11.9. The molecule has 0 aromatic carbocycles. The van der Waals surface area contributed by atoms with Gasteiger partial charge in [-0.25, -0.2) is 4.79 Å². The molecule has 1 aliphatic carbocycles. The molecule has 4 N–H and O–H groups in total. The Morgan fingerprint density at radius 3 is 2.55 bits per heavy atom. The van der Waals surface area contributed by atoms with E-state index in [2.05, 4.69) is 5.32 Å². The van der Waals surface area contributed by atoms with E-state index in [4.69, 9.17) is 15.6 Å². The Hall–Kier alpha value is -1.40. The van der Waals surface area contributed by atoms with Gasteiger partial charge in [0.05, 0.1) is 18.2 Å². The SMILES string of the molecule is CCC(CC)O[C@@H]1C=C(C(=O)O)C[C@H](N)[C@@H]1NC(C)=O. The van der Waals surface area contributed by atoms with Crippen molar-refractivity contribution in [2.45, 2.75) is 64.3 Å². The van der Waals surface area contributed by atoms with E-state index in [9.17, 15) is 9.59 Å². The molecule has 0 radical (unpaired) electrons. The molecule has 0 saturated heterocycles. The fourth-order valence-electron chi connectivity index (χ4n) is 2.40. The van der Waals surface area contributed by atoms with Crippen LogP contribution in [0.5, 0.6) is 0 Å².